The SMILES string of the molecule is [c]1c[nH][n+]2ccccc12. The van der Waals surface area contributed by atoms with Gasteiger partial charge in [-0.2, -0.15) is 5.10 Å². The molecule has 0 aliphatic rings. The van der Waals surface area contributed by atoms with Crippen LogP contribution in [0.4, 0.5) is 0 Å². The first-order valence-electron chi connectivity index (χ1n) is 2.82. The van der Waals surface area contributed by atoms with Crippen molar-refractivity contribution >= 4 is 5.52 Å². The zero-order valence-corrected chi connectivity index (χ0v) is 4.83. The predicted octanol–water partition coefficient (Wildman–Crippen LogP) is 0.554. The monoisotopic (exact) mass is 118 g/mol. The van der Waals surface area contributed by atoms with Gasteiger partial charge in [0.25, 0.3) is 0 Å². The zero-order valence-electron chi connectivity index (χ0n) is 4.83. The molecule has 0 unspecified atom stereocenters. The first kappa shape index (κ1) is 4.56. The summed E-state index contributed by atoms with van der Waals surface area (Å²) in [6.07, 6.45) is 3.74. The van der Waals surface area contributed by atoms with Crippen molar-refractivity contribution in [3.63, 3.8) is 0 Å². The lowest BCUT2D eigenvalue weighted by Gasteiger charge is -1.75. The minimum Gasteiger partial charge on any atom is -0.167 e. The Kier molecular flexibility index (Phi) is 0.803. The van der Waals surface area contributed by atoms with E-state index in [2.05, 4.69) is 11.2 Å². The lowest BCUT2D eigenvalue weighted by Crippen LogP contribution is -2.20. The van der Waals surface area contributed by atoms with Crippen LogP contribution in [0, 0.1) is 6.07 Å². The lowest BCUT2D eigenvalue weighted by atomic mass is 10.4. The molecule has 0 saturated heterocycles. The van der Waals surface area contributed by atoms with Gasteiger partial charge in [0.15, 0.2) is 0 Å². The molecule has 2 heterocycles. The van der Waals surface area contributed by atoms with Gasteiger partial charge in [-0.25, -0.2) is 0 Å². The van der Waals surface area contributed by atoms with Crippen molar-refractivity contribution in [2.45, 2.75) is 0 Å². The topological polar surface area (TPSA) is 19.9 Å². The smallest absolute Gasteiger partial charge is 0.167 e. The highest BCUT2D eigenvalue weighted by Gasteiger charge is 1.96. The Balaban J connectivity index is 2.95. The van der Waals surface area contributed by atoms with E-state index in [1.54, 1.807) is 6.20 Å². The Morgan fingerprint density at radius 1 is 1.44 bits per heavy atom. The second-order valence-corrected chi connectivity index (χ2v) is 1.87. The molecule has 1 radical (unpaired) electrons. The van der Waals surface area contributed by atoms with Crippen molar-refractivity contribution in [2.24, 2.45) is 0 Å². The fraction of sp³-hybridized carbons (Fsp3) is 0. The molecule has 1 N–H and O–H groups in total. The number of fused-ring (bicyclic) bond motifs is 1. The van der Waals surface area contributed by atoms with E-state index in [9.17, 15) is 0 Å². The summed E-state index contributed by atoms with van der Waals surface area (Å²) < 4.78 is 1.90. The number of rotatable bonds is 0. The molecule has 2 heteroatoms. The second kappa shape index (κ2) is 1.58. The number of pyridine rings is 1. The van der Waals surface area contributed by atoms with E-state index in [0.29, 0.717) is 0 Å². The fourth-order valence-electron chi connectivity index (χ4n) is 0.849. The highest BCUT2D eigenvalue weighted by atomic mass is 15.2. The third-order valence-corrected chi connectivity index (χ3v) is 1.28. The first-order valence-corrected chi connectivity index (χ1v) is 2.82. The molecule has 0 aliphatic heterocycles. The normalized spacial score (nSPS) is 10.2. The first-order chi connectivity index (χ1) is 4.47. The van der Waals surface area contributed by atoms with Crippen LogP contribution >= 0.6 is 0 Å². The van der Waals surface area contributed by atoms with Crippen LogP contribution in [0.2, 0.25) is 0 Å². The van der Waals surface area contributed by atoms with Gasteiger partial charge in [0.1, 0.15) is 0 Å². The van der Waals surface area contributed by atoms with Gasteiger partial charge in [-0.1, -0.05) is 4.52 Å². The molecule has 0 saturated carbocycles. The molecule has 2 nitrogen and oxygen atoms in total. The van der Waals surface area contributed by atoms with Crippen LogP contribution in [0.1, 0.15) is 0 Å². The van der Waals surface area contributed by atoms with Crippen LogP contribution in [0.5, 0.6) is 0 Å². The molecule has 2 rings (SSSR count). The van der Waals surface area contributed by atoms with Crippen LogP contribution in [-0.2, 0) is 0 Å². The van der Waals surface area contributed by atoms with Gasteiger partial charge in [0.05, 0.1) is 12.3 Å². The Morgan fingerprint density at radius 2 is 2.44 bits per heavy atom. The third-order valence-electron chi connectivity index (χ3n) is 1.28. The van der Waals surface area contributed by atoms with Gasteiger partial charge < -0.3 is 0 Å². The molecule has 2 aromatic rings. The van der Waals surface area contributed by atoms with Crippen molar-refractivity contribution in [3.05, 3.63) is 36.7 Å². The van der Waals surface area contributed by atoms with E-state index >= 15 is 0 Å². The molecule has 0 aromatic carbocycles. The summed E-state index contributed by atoms with van der Waals surface area (Å²) in [4.78, 5) is 0. The van der Waals surface area contributed by atoms with E-state index in [-0.39, 0.29) is 0 Å². The van der Waals surface area contributed by atoms with E-state index in [1.807, 2.05) is 28.9 Å². The van der Waals surface area contributed by atoms with Crippen molar-refractivity contribution < 1.29 is 4.52 Å². The third kappa shape index (κ3) is 0.598. The van der Waals surface area contributed by atoms with Gasteiger partial charge in [0, 0.05) is 12.1 Å². The van der Waals surface area contributed by atoms with Crippen LogP contribution in [0.15, 0.2) is 30.6 Å². The summed E-state index contributed by atoms with van der Waals surface area (Å²) in [5.74, 6) is 0. The summed E-state index contributed by atoms with van der Waals surface area (Å²) in [6, 6.07) is 8.98. The average Bonchev–Trinajstić information content (AvgIpc) is 2.33. The largest absolute Gasteiger partial charge is 0.245 e. The Morgan fingerprint density at radius 3 is 3.33 bits per heavy atom. The van der Waals surface area contributed by atoms with Crippen LogP contribution in [-0.4, -0.2) is 5.10 Å². The minimum absolute atomic E-state index is 1.07. The maximum atomic E-state index is 3.03. The summed E-state index contributed by atoms with van der Waals surface area (Å²) in [5, 5.41) is 2.98. The van der Waals surface area contributed by atoms with E-state index in [1.165, 1.54) is 0 Å². The van der Waals surface area contributed by atoms with Crippen LogP contribution in [0.3, 0.4) is 0 Å². The quantitative estimate of drug-likeness (QED) is 0.487. The van der Waals surface area contributed by atoms with Gasteiger partial charge in [-0.3, -0.25) is 0 Å². The zero-order chi connectivity index (χ0) is 6.10. The van der Waals surface area contributed by atoms with E-state index in [0.717, 1.165) is 5.52 Å². The molecule has 43 valence electrons. The molecule has 2 aromatic heterocycles. The summed E-state index contributed by atoms with van der Waals surface area (Å²) in [6.45, 7) is 0. The van der Waals surface area contributed by atoms with Gasteiger partial charge >= 0.3 is 0 Å². The summed E-state index contributed by atoms with van der Waals surface area (Å²) >= 11 is 0. The van der Waals surface area contributed by atoms with Crippen molar-refractivity contribution in [2.75, 3.05) is 0 Å². The number of hydrogen-bond acceptors (Lipinski definition) is 0. The number of hydrogen-bond donors (Lipinski definition) is 1. The molecule has 0 amide bonds. The molecule has 0 bridgehead atoms. The molecule has 0 spiro atoms. The van der Waals surface area contributed by atoms with Crippen molar-refractivity contribution in [1.82, 2.24) is 5.10 Å². The number of aromatic amines is 1. The Hall–Kier alpha value is -1.31. The number of nitrogens with one attached hydrogen (secondary N) is 1. The highest BCUT2D eigenvalue weighted by molar-refractivity contribution is 5.34. The Bertz CT molecular complexity index is 281. The van der Waals surface area contributed by atoms with Crippen molar-refractivity contribution in [1.29, 1.82) is 0 Å². The predicted molar refractivity (Wildman–Crippen MR) is 32.8 cm³/mol. The molecular formula is C7H6N2+. The maximum absolute atomic E-state index is 3.03. The number of H-pyrrole nitrogens is 1. The number of nitrogens with zero attached hydrogens (tertiary/aromatic N) is 1. The molecule has 0 aliphatic carbocycles. The van der Waals surface area contributed by atoms with Gasteiger partial charge in [0.2, 0.25) is 11.7 Å². The molecule has 9 heavy (non-hydrogen) atoms. The summed E-state index contributed by atoms with van der Waals surface area (Å²) in [5.41, 5.74) is 1.07. The lowest BCUT2D eigenvalue weighted by molar-refractivity contribution is -0.576. The number of aromatic nitrogens is 2. The minimum atomic E-state index is 1.07. The molecule has 0 fully saturated rings. The van der Waals surface area contributed by atoms with E-state index in [4.69, 9.17) is 0 Å². The summed E-state index contributed by atoms with van der Waals surface area (Å²) in [7, 11) is 0. The highest BCUT2D eigenvalue weighted by Crippen LogP contribution is 1.89. The fourth-order valence-corrected chi connectivity index (χ4v) is 0.849. The molecular weight excluding hydrogens is 112 g/mol. The van der Waals surface area contributed by atoms with Gasteiger partial charge in [-0.05, 0) is 6.07 Å². The van der Waals surface area contributed by atoms with Crippen molar-refractivity contribution in [3.8, 4) is 0 Å². The second-order valence-electron chi connectivity index (χ2n) is 1.87. The van der Waals surface area contributed by atoms with Gasteiger partial charge in [-0.15, -0.1) is 0 Å². The molecule has 0 atom stereocenters. The average molecular weight is 118 g/mol. The van der Waals surface area contributed by atoms with E-state index < -0.39 is 0 Å². The van der Waals surface area contributed by atoms with Crippen LogP contribution in [0.25, 0.3) is 5.52 Å². The Labute approximate surface area is 52.7 Å². The standard InChI is InChI=1S/C7H5N2/c1-2-6-9-7(3-1)4-5-8-9/h1-3,5-6H/p+1. The maximum Gasteiger partial charge on any atom is 0.245 e. The van der Waals surface area contributed by atoms with Crippen LogP contribution < -0.4 is 4.52 Å².